The number of unbranched alkanes of at least 4 members (excludes halogenated alkanes) is 23. The topological polar surface area (TPSA) is 37.3 Å². The van der Waals surface area contributed by atoms with Crippen LogP contribution in [0.1, 0.15) is 167 Å². The first-order valence-corrected chi connectivity index (χ1v) is 13.5. The molecule has 4 heteroatoms. The van der Waals surface area contributed by atoms with Gasteiger partial charge in [-0.25, -0.2) is 0 Å². The smallest absolute Gasteiger partial charge is 0.303 e. The van der Waals surface area contributed by atoms with Gasteiger partial charge in [0.15, 0.2) is 0 Å². The van der Waals surface area contributed by atoms with Crippen molar-refractivity contribution in [2.24, 2.45) is 0 Å². The van der Waals surface area contributed by atoms with Crippen LogP contribution in [0.3, 0.4) is 0 Å². The van der Waals surface area contributed by atoms with Crippen LogP contribution in [-0.4, -0.2) is 11.1 Å². The summed E-state index contributed by atoms with van der Waals surface area (Å²) < 4.78 is 0. The molecule has 196 valence electrons. The van der Waals surface area contributed by atoms with Gasteiger partial charge in [0.05, 0.1) is 0 Å². The van der Waals surface area contributed by atoms with E-state index in [1.54, 1.807) is 0 Å². The molecule has 0 spiro atoms. The molecule has 0 rings (SSSR count). The van der Waals surface area contributed by atoms with Crippen molar-refractivity contribution in [1.29, 1.82) is 0 Å². The predicted octanol–water partition coefficient (Wildman–Crippen LogP) is 9.84. The van der Waals surface area contributed by atoms with Crippen LogP contribution >= 0.6 is 0 Å². The number of rotatable bonds is 25. The van der Waals surface area contributed by atoms with Crippen LogP contribution in [0.25, 0.3) is 0 Å². The van der Waals surface area contributed by atoms with Gasteiger partial charge in [0, 0.05) is 51.2 Å². The van der Waals surface area contributed by atoms with E-state index in [-0.39, 0.29) is 44.8 Å². The van der Waals surface area contributed by atoms with Crippen molar-refractivity contribution in [3.8, 4) is 0 Å². The molecule has 2 nitrogen and oxygen atoms in total. The standard InChI is InChI=1S/C27H54O2.2Ag/c1-2-3-4-5-6-7-8-9-10-11-12-13-14-15-16-17-18-19-20-21-22-23-24-25-26-27(28)29;;/h2-26H2,1H3,(H,28,29);;. The van der Waals surface area contributed by atoms with Gasteiger partial charge in [-0.1, -0.05) is 155 Å². The maximum absolute atomic E-state index is 10.4. The summed E-state index contributed by atoms with van der Waals surface area (Å²) in [6, 6.07) is 0. The van der Waals surface area contributed by atoms with Crippen molar-refractivity contribution in [2.45, 2.75) is 167 Å². The largest absolute Gasteiger partial charge is 0.481 e. The first-order chi connectivity index (χ1) is 14.3. The minimum absolute atomic E-state index is 0. The predicted molar refractivity (Wildman–Crippen MR) is 129 cm³/mol. The van der Waals surface area contributed by atoms with Gasteiger partial charge in [0.25, 0.3) is 0 Å². The van der Waals surface area contributed by atoms with Crippen LogP contribution < -0.4 is 0 Å². The fourth-order valence-corrected chi connectivity index (χ4v) is 4.24. The second-order valence-electron chi connectivity index (χ2n) is 9.28. The molecule has 0 aliphatic carbocycles. The van der Waals surface area contributed by atoms with Crippen LogP contribution in [0.15, 0.2) is 0 Å². The minimum atomic E-state index is -0.649. The summed E-state index contributed by atoms with van der Waals surface area (Å²) in [5.74, 6) is -0.649. The fraction of sp³-hybridized carbons (Fsp3) is 0.963. The minimum Gasteiger partial charge on any atom is -0.481 e. The van der Waals surface area contributed by atoms with Gasteiger partial charge < -0.3 is 5.11 Å². The number of aliphatic carboxylic acids is 1. The quantitative estimate of drug-likeness (QED) is 0.0810. The molecular formula is C27H54Ag2O2. The third kappa shape index (κ3) is 35.7. The van der Waals surface area contributed by atoms with Crippen molar-refractivity contribution in [2.75, 3.05) is 0 Å². The summed E-state index contributed by atoms with van der Waals surface area (Å²) >= 11 is 0. The van der Waals surface area contributed by atoms with E-state index in [2.05, 4.69) is 6.92 Å². The zero-order valence-electron chi connectivity index (χ0n) is 20.6. The summed E-state index contributed by atoms with van der Waals surface area (Å²) in [5, 5.41) is 8.59. The number of carboxylic acid groups (broad SMARTS) is 1. The molecule has 0 amide bonds. The Bertz CT molecular complexity index is 324. The first-order valence-electron chi connectivity index (χ1n) is 13.5. The maximum Gasteiger partial charge on any atom is 0.303 e. The molecule has 2 radical (unpaired) electrons. The van der Waals surface area contributed by atoms with E-state index in [0.717, 1.165) is 12.8 Å². The maximum atomic E-state index is 10.4. The molecule has 0 aromatic heterocycles. The summed E-state index contributed by atoms with van der Waals surface area (Å²) in [6.45, 7) is 2.29. The van der Waals surface area contributed by atoms with Gasteiger partial charge >= 0.3 is 5.97 Å². The van der Waals surface area contributed by atoms with Crippen molar-refractivity contribution < 1.29 is 54.7 Å². The summed E-state index contributed by atoms with van der Waals surface area (Å²) in [4.78, 5) is 10.4. The molecule has 0 aromatic carbocycles. The Labute approximate surface area is 226 Å². The van der Waals surface area contributed by atoms with E-state index in [4.69, 9.17) is 5.11 Å². The molecule has 0 saturated carbocycles. The molecular weight excluding hydrogens is 572 g/mol. The van der Waals surface area contributed by atoms with Crippen molar-refractivity contribution in [3.05, 3.63) is 0 Å². The van der Waals surface area contributed by atoms with E-state index >= 15 is 0 Å². The van der Waals surface area contributed by atoms with E-state index < -0.39 is 5.97 Å². The molecule has 0 aliphatic rings. The Morgan fingerprint density at radius 2 is 0.613 bits per heavy atom. The van der Waals surface area contributed by atoms with E-state index in [1.165, 1.54) is 141 Å². The summed E-state index contributed by atoms with van der Waals surface area (Å²) in [7, 11) is 0. The Hall–Kier alpha value is 0.951. The van der Waals surface area contributed by atoms with Crippen LogP contribution in [0.5, 0.6) is 0 Å². The summed E-state index contributed by atoms with van der Waals surface area (Å²) in [6.07, 6.45) is 33.5. The zero-order valence-corrected chi connectivity index (χ0v) is 23.6. The van der Waals surface area contributed by atoms with E-state index in [9.17, 15) is 4.79 Å². The van der Waals surface area contributed by atoms with Gasteiger partial charge in [0.1, 0.15) is 0 Å². The second-order valence-corrected chi connectivity index (χ2v) is 9.28. The number of hydrogen-bond donors (Lipinski definition) is 1. The van der Waals surface area contributed by atoms with Gasteiger partial charge in [-0.05, 0) is 6.42 Å². The molecule has 0 fully saturated rings. The number of hydrogen-bond acceptors (Lipinski definition) is 1. The molecule has 31 heavy (non-hydrogen) atoms. The van der Waals surface area contributed by atoms with Crippen LogP contribution in [0.2, 0.25) is 0 Å². The van der Waals surface area contributed by atoms with Crippen LogP contribution in [0.4, 0.5) is 0 Å². The molecule has 0 bridgehead atoms. The van der Waals surface area contributed by atoms with E-state index in [0.29, 0.717) is 6.42 Å². The Kier molecular flexibility index (Phi) is 39.0. The summed E-state index contributed by atoms with van der Waals surface area (Å²) in [5.41, 5.74) is 0. The van der Waals surface area contributed by atoms with Crippen LogP contribution in [-0.2, 0) is 49.6 Å². The Balaban J connectivity index is -0.00000392. The third-order valence-corrected chi connectivity index (χ3v) is 6.24. The fourth-order valence-electron chi connectivity index (χ4n) is 4.24. The molecule has 0 heterocycles. The molecule has 1 N–H and O–H groups in total. The monoisotopic (exact) mass is 624 g/mol. The van der Waals surface area contributed by atoms with Gasteiger partial charge in [-0.15, -0.1) is 0 Å². The van der Waals surface area contributed by atoms with Crippen molar-refractivity contribution in [1.82, 2.24) is 0 Å². The number of carbonyl (C=O) groups is 1. The van der Waals surface area contributed by atoms with Gasteiger partial charge in [-0.3, -0.25) is 4.79 Å². The molecule has 0 atom stereocenters. The second kappa shape index (κ2) is 33.1. The Morgan fingerprint density at radius 3 is 0.806 bits per heavy atom. The van der Waals surface area contributed by atoms with Crippen molar-refractivity contribution in [3.63, 3.8) is 0 Å². The van der Waals surface area contributed by atoms with E-state index in [1.807, 2.05) is 0 Å². The Morgan fingerprint density at radius 1 is 0.419 bits per heavy atom. The SMILES string of the molecule is CCCCCCCCCCCCCCCCCCCCCCCCCCC(=O)O.[Ag].[Ag]. The molecule has 0 aromatic rings. The average molecular weight is 626 g/mol. The number of carboxylic acids is 1. The molecule has 0 unspecified atom stereocenters. The van der Waals surface area contributed by atoms with Crippen LogP contribution in [0, 0.1) is 0 Å². The van der Waals surface area contributed by atoms with Gasteiger partial charge in [-0.2, -0.15) is 0 Å². The third-order valence-electron chi connectivity index (χ3n) is 6.24. The van der Waals surface area contributed by atoms with Crippen molar-refractivity contribution >= 4 is 5.97 Å². The average Bonchev–Trinajstić information content (AvgIpc) is 2.71. The molecule has 0 aliphatic heterocycles. The van der Waals surface area contributed by atoms with Gasteiger partial charge in [0.2, 0.25) is 0 Å². The first kappa shape index (κ1) is 36.5. The zero-order chi connectivity index (χ0) is 21.3. The normalized spacial score (nSPS) is 10.5. The molecule has 0 saturated heterocycles.